The summed E-state index contributed by atoms with van der Waals surface area (Å²) >= 11 is 1.34. The maximum Gasteiger partial charge on any atom is 0.263 e. The highest BCUT2D eigenvalue weighted by Crippen LogP contribution is 2.39. The van der Waals surface area contributed by atoms with E-state index in [1.165, 1.54) is 29.5 Å². The van der Waals surface area contributed by atoms with Crippen LogP contribution in [0.2, 0.25) is 0 Å². The van der Waals surface area contributed by atoms with Crippen LogP contribution in [0.15, 0.2) is 36.7 Å². The van der Waals surface area contributed by atoms with Crippen LogP contribution in [-0.2, 0) is 0 Å². The number of fused-ring (bicyclic) bond motifs is 1. The third-order valence-electron chi connectivity index (χ3n) is 4.92. The fraction of sp³-hybridized carbons (Fsp3) is 0.300. The first kappa shape index (κ1) is 18.5. The maximum absolute atomic E-state index is 13.5. The minimum absolute atomic E-state index is 0.0122. The molecule has 2 aromatic heterocycles. The van der Waals surface area contributed by atoms with Gasteiger partial charge in [-0.2, -0.15) is 0 Å². The standard InChI is InChI=1S/C20H19FN4O2S/c1-24(2)20(27)17-15(16-18(28-17)23-8-7-22-16)13-6-9-25(11-13)19(26)12-4-3-5-14(21)10-12/h3-5,7-8,10,13H,6,9,11H2,1-2H3. The molecule has 0 spiro atoms. The number of rotatable bonds is 3. The van der Waals surface area contributed by atoms with Gasteiger partial charge in [-0.05, 0) is 24.6 Å². The number of benzene rings is 1. The summed E-state index contributed by atoms with van der Waals surface area (Å²) in [5.74, 6) is -0.732. The third kappa shape index (κ3) is 3.24. The maximum atomic E-state index is 13.5. The molecule has 0 N–H and O–H groups in total. The van der Waals surface area contributed by atoms with E-state index in [0.29, 0.717) is 23.5 Å². The van der Waals surface area contributed by atoms with Crippen LogP contribution in [0, 0.1) is 5.82 Å². The van der Waals surface area contributed by atoms with Crippen molar-refractivity contribution in [3.8, 4) is 0 Å². The van der Waals surface area contributed by atoms with Gasteiger partial charge < -0.3 is 9.80 Å². The molecule has 2 amide bonds. The van der Waals surface area contributed by atoms with E-state index >= 15 is 0 Å². The molecule has 0 saturated carbocycles. The van der Waals surface area contributed by atoms with Gasteiger partial charge in [-0.3, -0.25) is 14.6 Å². The summed E-state index contributed by atoms with van der Waals surface area (Å²) in [6.07, 6.45) is 3.95. The summed E-state index contributed by atoms with van der Waals surface area (Å²) < 4.78 is 13.5. The van der Waals surface area contributed by atoms with E-state index in [0.717, 1.165) is 22.3 Å². The van der Waals surface area contributed by atoms with Crippen LogP contribution in [0.3, 0.4) is 0 Å². The summed E-state index contributed by atoms with van der Waals surface area (Å²) in [6, 6.07) is 5.72. The fourth-order valence-corrected chi connectivity index (χ4v) is 4.78. The molecule has 1 saturated heterocycles. The van der Waals surface area contributed by atoms with E-state index < -0.39 is 5.82 Å². The molecule has 144 valence electrons. The monoisotopic (exact) mass is 398 g/mol. The topological polar surface area (TPSA) is 66.4 Å². The Bertz CT molecular complexity index is 1070. The van der Waals surface area contributed by atoms with E-state index in [1.807, 2.05) is 0 Å². The van der Waals surface area contributed by atoms with E-state index in [4.69, 9.17) is 0 Å². The molecule has 0 radical (unpaired) electrons. The predicted octanol–water partition coefficient (Wildman–Crippen LogP) is 3.16. The lowest BCUT2D eigenvalue weighted by Crippen LogP contribution is -2.29. The quantitative estimate of drug-likeness (QED) is 0.680. The Morgan fingerprint density at radius 2 is 2.04 bits per heavy atom. The van der Waals surface area contributed by atoms with Crippen molar-refractivity contribution < 1.29 is 14.0 Å². The molecule has 0 bridgehead atoms. The second kappa shape index (κ2) is 7.27. The largest absolute Gasteiger partial charge is 0.344 e. The highest BCUT2D eigenvalue weighted by atomic mass is 32.1. The summed E-state index contributed by atoms with van der Waals surface area (Å²) in [4.78, 5) is 38.9. The first-order valence-corrected chi connectivity index (χ1v) is 9.77. The minimum Gasteiger partial charge on any atom is -0.344 e. The Labute approximate surface area is 165 Å². The molecule has 0 aliphatic carbocycles. The highest BCUT2D eigenvalue weighted by molar-refractivity contribution is 7.20. The average Bonchev–Trinajstić information content (AvgIpc) is 3.31. The molecule has 1 aromatic carbocycles. The van der Waals surface area contributed by atoms with Crippen molar-refractivity contribution in [1.29, 1.82) is 0 Å². The van der Waals surface area contributed by atoms with E-state index in [9.17, 15) is 14.0 Å². The van der Waals surface area contributed by atoms with Crippen molar-refractivity contribution >= 4 is 33.5 Å². The van der Waals surface area contributed by atoms with Gasteiger partial charge >= 0.3 is 0 Å². The number of hydrogen-bond acceptors (Lipinski definition) is 5. The molecule has 1 unspecified atom stereocenters. The molecule has 1 atom stereocenters. The van der Waals surface area contributed by atoms with Gasteiger partial charge in [0.15, 0.2) is 0 Å². The molecular weight excluding hydrogens is 379 g/mol. The van der Waals surface area contributed by atoms with Crippen LogP contribution in [0.4, 0.5) is 4.39 Å². The van der Waals surface area contributed by atoms with Crippen LogP contribution in [-0.4, -0.2) is 58.8 Å². The highest BCUT2D eigenvalue weighted by Gasteiger charge is 2.34. The number of halogens is 1. The predicted molar refractivity (Wildman–Crippen MR) is 105 cm³/mol. The lowest BCUT2D eigenvalue weighted by Gasteiger charge is -2.18. The smallest absolute Gasteiger partial charge is 0.263 e. The lowest BCUT2D eigenvalue weighted by molar-refractivity contribution is 0.0790. The SMILES string of the molecule is CN(C)C(=O)c1sc2nccnc2c1C1CCN(C(=O)c2cccc(F)c2)C1. The molecule has 8 heteroatoms. The summed E-state index contributed by atoms with van der Waals surface area (Å²) in [6.45, 7) is 1.01. The summed E-state index contributed by atoms with van der Waals surface area (Å²) in [5, 5.41) is 0. The molecule has 6 nitrogen and oxygen atoms in total. The lowest BCUT2D eigenvalue weighted by atomic mass is 9.97. The molecular formula is C20H19FN4O2S. The number of carbonyl (C=O) groups is 2. The molecule has 28 heavy (non-hydrogen) atoms. The van der Waals surface area contributed by atoms with Crippen molar-refractivity contribution in [3.05, 3.63) is 58.5 Å². The third-order valence-corrected chi connectivity index (χ3v) is 6.01. The Balaban J connectivity index is 1.67. The van der Waals surface area contributed by atoms with Gasteiger partial charge in [0.1, 0.15) is 16.2 Å². The van der Waals surface area contributed by atoms with Crippen LogP contribution in [0.5, 0.6) is 0 Å². The summed E-state index contributed by atoms with van der Waals surface area (Å²) in [5.41, 5.74) is 1.92. The zero-order valence-electron chi connectivity index (χ0n) is 15.6. The number of carbonyl (C=O) groups excluding carboxylic acids is 2. The van der Waals surface area contributed by atoms with Crippen molar-refractivity contribution in [1.82, 2.24) is 19.8 Å². The van der Waals surface area contributed by atoms with Gasteiger partial charge in [0, 0.05) is 56.6 Å². The van der Waals surface area contributed by atoms with Gasteiger partial charge in [0.2, 0.25) is 0 Å². The number of nitrogens with zero attached hydrogens (tertiary/aromatic N) is 4. The first-order valence-electron chi connectivity index (χ1n) is 8.95. The molecule has 1 aliphatic rings. The van der Waals surface area contributed by atoms with Gasteiger partial charge in [0.25, 0.3) is 11.8 Å². The Kier molecular flexibility index (Phi) is 4.80. The first-order chi connectivity index (χ1) is 13.5. The second-order valence-corrected chi connectivity index (χ2v) is 8.00. The van der Waals surface area contributed by atoms with Crippen LogP contribution >= 0.6 is 11.3 Å². The van der Waals surface area contributed by atoms with Crippen LogP contribution in [0.25, 0.3) is 10.3 Å². The van der Waals surface area contributed by atoms with Crippen LogP contribution < -0.4 is 0 Å². The number of likely N-dealkylation sites (tertiary alicyclic amines) is 1. The second-order valence-electron chi connectivity index (χ2n) is 7.00. The normalized spacial score (nSPS) is 16.5. The average molecular weight is 398 g/mol. The van der Waals surface area contributed by atoms with Crippen molar-refractivity contribution in [2.75, 3.05) is 27.2 Å². The van der Waals surface area contributed by atoms with Crippen molar-refractivity contribution in [2.45, 2.75) is 12.3 Å². The van der Waals surface area contributed by atoms with E-state index in [2.05, 4.69) is 9.97 Å². The number of aromatic nitrogens is 2. The van der Waals surface area contributed by atoms with E-state index in [-0.39, 0.29) is 17.7 Å². The van der Waals surface area contributed by atoms with Gasteiger partial charge in [-0.15, -0.1) is 11.3 Å². The molecule has 3 heterocycles. The fourth-order valence-electron chi connectivity index (χ4n) is 3.57. The zero-order valence-corrected chi connectivity index (χ0v) is 16.4. The van der Waals surface area contributed by atoms with Gasteiger partial charge in [-0.25, -0.2) is 9.37 Å². The number of amides is 2. The molecule has 4 rings (SSSR count). The molecule has 1 aliphatic heterocycles. The van der Waals surface area contributed by atoms with Gasteiger partial charge in [-0.1, -0.05) is 6.07 Å². The number of thiophene rings is 1. The van der Waals surface area contributed by atoms with E-state index in [1.54, 1.807) is 42.4 Å². The van der Waals surface area contributed by atoms with Crippen molar-refractivity contribution in [3.63, 3.8) is 0 Å². The zero-order chi connectivity index (χ0) is 19.8. The van der Waals surface area contributed by atoms with Crippen molar-refractivity contribution in [2.24, 2.45) is 0 Å². The summed E-state index contributed by atoms with van der Waals surface area (Å²) in [7, 11) is 3.43. The molecule has 1 fully saturated rings. The van der Waals surface area contributed by atoms with Crippen LogP contribution in [0.1, 0.15) is 37.9 Å². The minimum atomic E-state index is -0.431. The Morgan fingerprint density at radius 1 is 1.25 bits per heavy atom. The Hall–Kier alpha value is -2.87. The Morgan fingerprint density at radius 3 is 2.79 bits per heavy atom. The molecule has 3 aromatic rings. The van der Waals surface area contributed by atoms with Gasteiger partial charge in [0.05, 0.1) is 4.88 Å². The number of hydrogen-bond donors (Lipinski definition) is 0.